The summed E-state index contributed by atoms with van der Waals surface area (Å²) in [6.07, 6.45) is 3.91. The van der Waals surface area contributed by atoms with Crippen LogP contribution in [0.25, 0.3) is 0 Å². The van der Waals surface area contributed by atoms with Gasteiger partial charge in [0, 0.05) is 40.5 Å². The van der Waals surface area contributed by atoms with Crippen LogP contribution in [0.3, 0.4) is 0 Å². The van der Waals surface area contributed by atoms with E-state index in [1.165, 1.54) is 23.5 Å². The van der Waals surface area contributed by atoms with E-state index in [1.54, 1.807) is 11.6 Å². The number of benzene rings is 1. The van der Waals surface area contributed by atoms with Crippen LogP contribution in [-0.2, 0) is 14.8 Å². The molecule has 0 saturated heterocycles. The highest BCUT2D eigenvalue weighted by atomic mass is 35.5. The van der Waals surface area contributed by atoms with Crippen molar-refractivity contribution in [3.8, 4) is 0 Å². The second kappa shape index (κ2) is 11.3. The number of amidine groups is 1. The van der Waals surface area contributed by atoms with Crippen LogP contribution in [-0.4, -0.2) is 53.8 Å². The van der Waals surface area contributed by atoms with E-state index in [0.717, 1.165) is 6.07 Å². The number of rotatable bonds is 9. The number of halogens is 2. The monoisotopic (exact) mass is 556 g/mol. The van der Waals surface area contributed by atoms with Crippen LogP contribution in [0, 0.1) is 11.7 Å². The number of sulfonamides is 1. The van der Waals surface area contributed by atoms with Crippen molar-refractivity contribution in [1.82, 2.24) is 15.0 Å². The largest absolute Gasteiger partial charge is 0.478 e. The lowest BCUT2D eigenvalue weighted by Gasteiger charge is -2.35. The summed E-state index contributed by atoms with van der Waals surface area (Å²) in [7, 11) is -3.50. The maximum absolute atomic E-state index is 13.7. The van der Waals surface area contributed by atoms with Crippen molar-refractivity contribution in [1.29, 1.82) is 0 Å². The zero-order chi connectivity index (χ0) is 25.9. The Labute approximate surface area is 217 Å². The molecule has 0 radical (unpaired) electrons. The normalized spacial score (nSPS) is 22.8. The summed E-state index contributed by atoms with van der Waals surface area (Å²) in [6, 6.07) is 2.55. The van der Waals surface area contributed by atoms with Crippen molar-refractivity contribution in [2.45, 2.75) is 44.2 Å². The quantitative estimate of drug-likeness (QED) is 0.371. The van der Waals surface area contributed by atoms with Gasteiger partial charge in [0.1, 0.15) is 11.9 Å². The fourth-order valence-corrected chi connectivity index (χ4v) is 6.82. The number of aliphatic hydroxyl groups is 1. The zero-order valence-corrected chi connectivity index (χ0v) is 21.5. The highest BCUT2D eigenvalue weighted by Crippen LogP contribution is 2.40. The Morgan fingerprint density at radius 3 is 2.64 bits per heavy atom. The summed E-state index contributed by atoms with van der Waals surface area (Å²) in [5, 5.41) is 24.7. The van der Waals surface area contributed by atoms with Crippen molar-refractivity contribution in [2.75, 3.05) is 12.4 Å². The molecule has 194 valence electrons. The van der Waals surface area contributed by atoms with Gasteiger partial charge in [-0.2, -0.15) is 0 Å². The number of hydrogen-bond acceptors (Lipinski definition) is 8. The number of aliphatic imine (C=N–C) groups is 1. The van der Waals surface area contributed by atoms with Crippen LogP contribution in [0.2, 0.25) is 5.02 Å². The number of nitrogens with zero attached hydrogens (tertiary/aromatic N) is 2. The molecular formula is C23H26ClFN4O5S2. The van der Waals surface area contributed by atoms with E-state index in [0.29, 0.717) is 47.8 Å². The van der Waals surface area contributed by atoms with E-state index < -0.39 is 27.9 Å². The number of aromatic nitrogens is 1. The minimum atomic E-state index is -3.50. The van der Waals surface area contributed by atoms with Gasteiger partial charge in [0.25, 0.3) is 0 Å². The first-order chi connectivity index (χ1) is 17.2. The third kappa shape index (κ3) is 6.12. The fraction of sp³-hybridized carbons (Fsp3) is 0.435. The zero-order valence-electron chi connectivity index (χ0n) is 19.2. The Balaban J connectivity index is 1.64. The predicted octanol–water partition coefficient (Wildman–Crippen LogP) is 3.23. The molecule has 0 amide bonds. The average molecular weight is 557 g/mol. The van der Waals surface area contributed by atoms with Gasteiger partial charge >= 0.3 is 5.97 Å². The van der Waals surface area contributed by atoms with Gasteiger partial charge in [-0.15, -0.1) is 11.3 Å². The number of nitrogens with one attached hydrogen (secondary N) is 2. The molecule has 9 nitrogen and oxygen atoms in total. The van der Waals surface area contributed by atoms with Gasteiger partial charge in [0.05, 0.1) is 11.3 Å². The summed E-state index contributed by atoms with van der Waals surface area (Å²) in [5.74, 6) is -1.64. The van der Waals surface area contributed by atoms with E-state index in [-0.39, 0.29) is 41.3 Å². The minimum Gasteiger partial charge on any atom is -0.478 e. The number of carboxylic acid groups (broad SMARTS) is 1. The molecule has 1 unspecified atom stereocenters. The number of carboxylic acids is 1. The molecule has 1 aliphatic carbocycles. The Kier molecular flexibility index (Phi) is 8.41. The van der Waals surface area contributed by atoms with Crippen molar-refractivity contribution in [3.63, 3.8) is 0 Å². The lowest BCUT2D eigenvalue weighted by atomic mass is 9.80. The molecule has 4 N–H and O–H groups in total. The minimum absolute atomic E-state index is 0.0239. The molecule has 1 saturated carbocycles. The van der Waals surface area contributed by atoms with Crippen LogP contribution >= 0.6 is 22.9 Å². The first-order valence-electron chi connectivity index (χ1n) is 11.5. The number of aliphatic carboxylic acids is 1. The Morgan fingerprint density at radius 2 is 2.03 bits per heavy atom. The van der Waals surface area contributed by atoms with Crippen LogP contribution < -0.4 is 10.0 Å². The van der Waals surface area contributed by atoms with E-state index in [4.69, 9.17) is 16.7 Å². The Bertz CT molecular complexity index is 1280. The molecule has 4 rings (SSSR count). The summed E-state index contributed by atoms with van der Waals surface area (Å²) >= 11 is 7.66. The first-order valence-corrected chi connectivity index (χ1v) is 14.4. The van der Waals surface area contributed by atoms with Crippen LogP contribution in [0.4, 0.5) is 4.39 Å². The molecule has 13 heteroatoms. The smallest absolute Gasteiger partial charge is 0.335 e. The highest BCUT2D eigenvalue weighted by molar-refractivity contribution is 7.89. The standard InChI is InChI=1S/C23H26ClFN4O5S2/c24-17-12-14(25)4-7-16(17)20-18(23(31)32)19(27-21(28-20)22-26-8-10-35-22)13-2-5-15(6-3-13)29-36(33,34)11-1-9-30/h4,7-8,10,12-13,15,20,29-30H,1-3,5-6,9,11H2,(H,27,28)(H,31,32). The lowest BCUT2D eigenvalue weighted by molar-refractivity contribution is -0.133. The van der Waals surface area contributed by atoms with E-state index in [9.17, 15) is 22.7 Å². The van der Waals surface area contributed by atoms with Crippen molar-refractivity contribution >= 4 is 44.8 Å². The highest BCUT2D eigenvalue weighted by Gasteiger charge is 2.37. The third-order valence-corrected chi connectivity index (χ3v) is 8.88. The van der Waals surface area contributed by atoms with E-state index >= 15 is 0 Å². The van der Waals surface area contributed by atoms with Gasteiger partial charge in [0.15, 0.2) is 10.8 Å². The van der Waals surface area contributed by atoms with Gasteiger partial charge in [0.2, 0.25) is 10.0 Å². The molecule has 1 atom stereocenters. The average Bonchev–Trinajstić information content (AvgIpc) is 3.37. The summed E-state index contributed by atoms with van der Waals surface area (Å²) in [5.41, 5.74) is 0.874. The fourth-order valence-electron chi connectivity index (χ4n) is 4.59. The Morgan fingerprint density at radius 1 is 1.28 bits per heavy atom. The molecule has 1 aromatic heterocycles. The summed E-state index contributed by atoms with van der Waals surface area (Å²) in [4.78, 5) is 21.4. The molecule has 1 aliphatic heterocycles. The van der Waals surface area contributed by atoms with Gasteiger partial charge in [-0.05, 0) is 50.2 Å². The SMILES string of the molecule is O=C(O)C1=C(C2CCC(NS(=O)(=O)CCCO)CC2)NC(c2nccs2)=NC1c1ccc(F)cc1Cl. The molecule has 2 aliphatic rings. The first kappa shape index (κ1) is 26.7. The topological polar surface area (TPSA) is 141 Å². The van der Waals surface area contributed by atoms with Crippen molar-refractivity contribution < 1.29 is 27.8 Å². The molecule has 2 aromatic rings. The number of thiazole rings is 1. The molecule has 1 fully saturated rings. The molecule has 0 bridgehead atoms. The number of carbonyl (C=O) groups is 1. The molecular weight excluding hydrogens is 531 g/mol. The second-order valence-corrected chi connectivity index (χ2v) is 11.9. The van der Waals surface area contributed by atoms with Crippen LogP contribution in [0.1, 0.15) is 48.7 Å². The van der Waals surface area contributed by atoms with Crippen molar-refractivity contribution in [2.24, 2.45) is 10.9 Å². The maximum Gasteiger partial charge on any atom is 0.335 e. The second-order valence-electron chi connectivity index (χ2n) is 8.70. The van der Waals surface area contributed by atoms with Crippen LogP contribution in [0.5, 0.6) is 0 Å². The van der Waals surface area contributed by atoms with Crippen LogP contribution in [0.15, 0.2) is 46.0 Å². The summed E-state index contributed by atoms with van der Waals surface area (Å²) < 4.78 is 40.9. The van der Waals surface area contributed by atoms with Gasteiger partial charge in [-0.3, -0.25) is 4.99 Å². The number of aliphatic hydroxyl groups excluding tert-OH is 1. The number of hydrogen-bond donors (Lipinski definition) is 4. The molecule has 1 aromatic carbocycles. The summed E-state index contributed by atoms with van der Waals surface area (Å²) in [6.45, 7) is -0.201. The van der Waals surface area contributed by atoms with Crippen molar-refractivity contribution in [3.05, 3.63) is 62.5 Å². The van der Waals surface area contributed by atoms with Gasteiger partial charge in [-0.1, -0.05) is 17.7 Å². The van der Waals surface area contributed by atoms with Gasteiger partial charge in [-0.25, -0.2) is 27.3 Å². The number of allylic oxidation sites excluding steroid dienone is 1. The lowest BCUT2D eigenvalue weighted by Crippen LogP contribution is -2.42. The third-order valence-electron chi connectivity index (χ3n) is 6.25. The van der Waals surface area contributed by atoms with Gasteiger partial charge < -0.3 is 15.5 Å². The maximum atomic E-state index is 13.7. The molecule has 0 spiro atoms. The molecule has 36 heavy (non-hydrogen) atoms. The Hall–Kier alpha value is -2.38. The predicted molar refractivity (Wildman–Crippen MR) is 135 cm³/mol. The van der Waals surface area contributed by atoms with E-state index in [2.05, 4.69) is 20.0 Å². The van der Waals surface area contributed by atoms with E-state index in [1.807, 2.05) is 0 Å². The molecule has 2 heterocycles.